The molecule has 3 rings (SSSR count). The molecular weight excluding hydrogens is 387 g/mol. The summed E-state index contributed by atoms with van der Waals surface area (Å²) in [5.41, 5.74) is -1.10. The zero-order chi connectivity index (χ0) is 19.6. The molecule has 1 aliphatic heterocycles. The fraction of sp³-hybridized carbons (Fsp3) is 0.438. The molecule has 0 saturated carbocycles. The number of halogens is 4. The van der Waals surface area contributed by atoms with Gasteiger partial charge >= 0.3 is 6.18 Å². The van der Waals surface area contributed by atoms with E-state index in [-0.39, 0.29) is 17.4 Å². The number of rotatable bonds is 4. The Kier molecular flexibility index (Phi) is 5.68. The fourth-order valence-electron chi connectivity index (χ4n) is 2.84. The summed E-state index contributed by atoms with van der Waals surface area (Å²) >= 11 is 6.21. The minimum Gasteiger partial charge on any atom is -0.395 e. The predicted molar refractivity (Wildman–Crippen MR) is 93.4 cm³/mol. The molecular formula is C16H17ClF3N5O2. The number of aliphatic hydroxyl groups excluding tert-OH is 1. The Bertz CT molecular complexity index is 849. The largest absolute Gasteiger partial charge is 0.417 e. The van der Waals surface area contributed by atoms with E-state index in [9.17, 15) is 18.0 Å². The number of aliphatic hydroxyl groups is 1. The van der Waals surface area contributed by atoms with E-state index in [1.165, 1.54) is 6.20 Å². The molecule has 1 N–H and O–H groups in total. The van der Waals surface area contributed by atoms with Crippen molar-refractivity contribution in [3.8, 4) is 5.82 Å². The van der Waals surface area contributed by atoms with Gasteiger partial charge in [-0.15, -0.1) is 0 Å². The summed E-state index contributed by atoms with van der Waals surface area (Å²) < 4.78 is 38.8. The lowest BCUT2D eigenvalue weighted by Gasteiger charge is -2.35. The monoisotopic (exact) mass is 403 g/mol. The highest BCUT2D eigenvalue weighted by atomic mass is 35.5. The molecule has 0 aliphatic carbocycles. The molecule has 1 fully saturated rings. The van der Waals surface area contributed by atoms with E-state index in [0.29, 0.717) is 44.6 Å². The van der Waals surface area contributed by atoms with Crippen LogP contribution in [0, 0.1) is 0 Å². The van der Waals surface area contributed by atoms with E-state index in [1.54, 1.807) is 0 Å². The van der Waals surface area contributed by atoms with Gasteiger partial charge in [0, 0.05) is 38.9 Å². The zero-order valence-electron chi connectivity index (χ0n) is 14.2. The Balaban J connectivity index is 1.83. The van der Waals surface area contributed by atoms with Crippen LogP contribution in [0.25, 0.3) is 5.82 Å². The van der Waals surface area contributed by atoms with E-state index in [0.717, 1.165) is 16.8 Å². The Hall–Kier alpha value is -2.17. The average Bonchev–Trinajstić information content (AvgIpc) is 2.64. The number of aromatic nitrogens is 3. The summed E-state index contributed by atoms with van der Waals surface area (Å²) in [5, 5.41) is 12.9. The lowest BCUT2D eigenvalue weighted by Crippen LogP contribution is -2.47. The van der Waals surface area contributed by atoms with E-state index in [1.807, 2.05) is 4.90 Å². The van der Waals surface area contributed by atoms with Crippen molar-refractivity contribution in [2.45, 2.75) is 6.18 Å². The van der Waals surface area contributed by atoms with Gasteiger partial charge in [0.2, 0.25) is 0 Å². The first-order valence-corrected chi connectivity index (χ1v) is 8.58. The van der Waals surface area contributed by atoms with Crippen LogP contribution in [-0.4, -0.2) is 64.1 Å². The molecule has 146 valence electrons. The van der Waals surface area contributed by atoms with Gasteiger partial charge in [-0.25, -0.2) is 4.98 Å². The third-order valence-corrected chi connectivity index (χ3v) is 4.68. The van der Waals surface area contributed by atoms with Crippen LogP contribution in [0.2, 0.25) is 5.02 Å². The maximum Gasteiger partial charge on any atom is 0.417 e. The molecule has 7 nitrogen and oxygen atoms in total. The number of anilines is 1. The van der Waals surface area contributed by atoms with Gasteiger partial charge in [0.05, 0.1) is 24.1 Å². The molecule has 0 atom stereocenters. The van der Waals surface area contributed by atoms with Gasteiger partial charge in [-0.05, 0) is 12.1 Å². The first-order valence-electron chi connectivity index (χ1n) is 8.21. The average molecular weight is 404 g/mol. The first kappa shape index (κ1) is 19.6. The number of hydrogen-bond acceptors (Lipinski definition) is 6. The summed E-state index contributed by atoms with van der Waals surface area (Å²) in [6.45, 7) is 3.31. The molecule has 2 aromatic rings. The molecule has 0 unspecified atom stereocenters. The molecule has 1 aliphatic rings. The van der Waals surface area contributed by atoms with E-state index in [4.69, 9.17) is 16.7 Å². The number of alkyl halides is 3. The topological polar surface area (TPSA) is 74.5 Å². The van der Waals surface area contributed by atoms with Crippen molar-refractivity contribution in [1.82, 2.24) is 19.7 Å². The van der Waals surface area contributed by atoms with Crippen LogP contribution in [0.3, 0.4) is 0 Å². The normalized spacial score (nSPS) is 16.0. The van der Waals surface area contributed by atoms with Crippen molar-refractivity contribution in [2.75, 3.05) is 44.2 Å². The van der Waals surface area contributed by atoms with E-state index < -0.39 is 17.3 Å². The molecule has 1 saturated heterocycles. The first-order chi connectivity index (χ1) is 12.8. The van der Waals surface area contributed by atoms with Crippen molar-refractivity contribution in [2.24, 2.45) is 0 Å². The third kappa shape index (κ3) is 4.23. The summed E-state index contributed by atoms with van der Waals surface area (Å²) in [4.78, 5) is 20.2. The molecule has 11 heteroatoms. The van der Waals surface area contributed by atoms with Gasteiger partial charge in [0.15, 0.2) is 5.82 Å². The molecule has 0 aromatic carbocycles. The van der Waals surface area contributed by atoms with Crippen LogP contribution in [0.15, 0.2) is 29.3 Å². The second-order valence-corrected chi connectivity index (χ2v) is 6.39. The van der Waals surface area contributed by atoms with E-state index >= 15 is 0 Å². The predicted octanol–water partition coefficient (Wildman–Crippen LogP) is 1.41. The van der Waals surface area contributed by atoms with Crippen LogP contribution < -0.4 is 10.5 Å². The summed E-state index contributed by atoms with van der Waals surface area (Å²) in [7, 11) is 0. The second kappa shape index (κ2) is 7.83. The van der Waals surface area contributed by atoms with Crippen molar-refractivity contribution < 1.29 is 18.3 Å². The van der Waals surface area contributed by atoms with Gasteiger partial charge in [-0.2, -0.15) is 23.0 Å². The zero-order valence-corrected chi connectivity index (χ0v) is 14.9. The molecule has 3 heterocycles. The van der Waals surface area contributed by atoms with Gasteiger partial charge < -0.3 is 10.0 Å². The maximum atomic E-state index is 12.6. The Morgan fingerprint density at radius 3 is 2.41 bits per heavy atom. The van der Waals surface area contributed by atoms with Gasteiger partial charge in [-0.1, -0.05) is 11.6 Å². The summed E-state index contributed by atoms with van der Waals surface area (Å²) in [5.74, 6) is -0.0470. The lowest BCUT2D eigenvalue weighted by atomic mass is 10.2. The number of hydrogen-bond donors (Lipinski definition) is 1. The molecule has 2 aromatic heterocycles. The number of pyridine rings is 1. The molecule has 0 radical (unpaired) electrons. The van der Waals surface area contributed by atoms with Gasteiger partial charge in [0.1, 0.15) is 5.02 Å². The maximum absolute atomic E-state index is 12.6. The van der Waals surface area contributed by atoms with Crippen molar-refractivity contribution >= 4 is 17.3 Å². The fourth-order valence-corrected chi connectivity index (χ4v) is 3.09. The number of nitrogens with zero attached hydrogens (tertiary/aromatic N) is 5. The highest BCUT2D eigenvalue weighted by Crippen LogP contribution is 2.28. The number of piperazine rings is 1. The highest BCUT2D eigenvalue weighted by Gasteiger charge is 2.31. The van der Waals surface area contributed by atoms with Crippen LogP contribution in [0.4, 0.5) is 18.9 Å². The minimum atomic E-state index is -4.51. The molecule has 0 spiro atoms. The summed E-state index contributed by atoms with van der Waals surface area (Å²) in [6, 6.07) is 1.90. The SMILES string of the molecule is O=c1c(Cl)c(N2CCN(CCO)CC2)cnn1-c1ccc(C(F)(F)F)cn1. The Morgan fingerprint density at radius 2 is 1.85 bits per heavy atom. The summed E-state index contributed by atoms with van der Waals surface area (Å²) in [6.07, 6.45) is -2.46. The molecule has 27 heavy (non-hydrogen) atoms. The standard InChI is InChI=1S/C16H17ClF3N5O2/c17-14-12(24-5-3-23(4-6-24)7-8-26)10-22-25(15(14)27)13-2-1-11(9-21-13)16(18,19)20/h1-2,9-10,26H,3-8H2. The molecule has 0 amide bonds. The van der Waals surface area contributed by atoms with Gasteiger partial charge in [0.25, 0.3) is 5.56 Å². The number of β-amino-alcohol motifs (C(OH)–C–C–N with tert-alkyl or cyclic N) is 1. The van der Waals surface area contributed by atoms with Crippen LogP contribution in [0.1, 0.15) is 5.56 Å². The second-order valence-electron chi connectivity index (χ2n) is 6.02. The van der Waals surface area contributed by atoms with Crippen LogP contribution in [-0.2, 0) is 6.18 Å². The smallest absolute Gasteiger partial charge is 0.395 e. The van der Waals surface area contributed by atoms with E-state index in [2.05, 4.69) is 15.0 Å². The Labute approximate surface area is 157 Å². The highest BCUT2D eigenvalue weighted by molar-refractivity contribution is 6.33. The third-order valence-electron chi connectivity index (χ3n) is 4.32. The quantitative estimate of drug-likeness (QED) is 0.832. The minimum absolute atomic E-state index is 0.0470. The van der Waals surface area contributed by atoms with Gasteiger partial charge in [-0.3, -0.25) is 9.69 Å². The van der Waals surface area contributed by atoms with Crippen molar-refractivity contribution in [3.63, 3.8) is 0 Å². The Morgan fingerprint density at radius 1 is 1.15 bits per heavy atom. The van der Waals surface area contributed by atoms with Crippen molar-refractivity contribution in [1.29, 1.82) is 0 Å². The molecule has 0 bridgehead atoms. The lowest BCUT2D eigenvalue weighted by molar-refractivity contribution is -0.137. The van der Waals surface area contributed by atoms with Crippen LogP contribution in [0.5, 0.6) is 0 Å². The van der Waals surface area contributed by atoms with Crippen LogP contribution >= 0.6 is 11.6 Å². The van der Waals surface area contributed by atoms with Crippen molar-refractivity contribution in [3.05, 3.63) is 45.5 Å².